The van der Waals surface area contributed by atoms with E-state index in [-0.39, 0.29) is 53.7 Å². The van der Waals surface area contributed by atoms with E-state index in [2.05, 4.69) is 93.6 Å². The molecule has 0 aromatic carbocycles. The molecule has 17 atom stereocenters. The number of ether oxygens (including phenoxy) is 2. The van der Waals surface area contributed by atoms with Crippen molar-refractivity contribution < 1.29 is 23.9 Å². The third-order valence-electron chi connectivity index (χ3n) is 24.9. The second-order valence-electron chi connectivity index (χ2n) is 30.5. The number of esters is 2. The van der Waals surface area contributed by atoms with Gasteiger partial charge in [-0.1, -0.05) is 189 Å². The lowest BCUT2D eigenvalue weighted by Crippen LogP contribution is -2.51. The molecular weight excluding hydrogens is 947 g/mol. The summed E-state index contributed by atoms with van der Waals surface area (Å²) in [4.78, 5) is 41.9. The lowest BCUT2D eigenvalue weighted by atomic mass is 9.47. The quantitative estimate of drug-likeness (QED) is 0.0504. The van der Waals surface area contributed by atoms with E-state index in [1.54, 1.807) is 0 Å². The van der Waals surface area contributed by atoms with E-state index >= 15 is 0 Å². The lowest BCUT2D eigenvalue weighted by Gasteiger charge is -2.58. The number of hydrogen-bond acceptors (Lipinski definition) is 5. The minimum atomic E-state index is -0.853. The zero-order valence-electron chi connectivity index (χ0n) is 51.9. The van der Waals surface area contributed by atoms with Crippen LogP contribution in [0.2, 0.25) is 0 Å². The first-order chi connectivity index (χ1) is 36.8. The fourth-order valence-corrected chi connectivity index (χ4v) is 20.4. The Kier molecular flexibility index (Phi) is 21.3. The molecule has 6 heteroatoms. The number of unbranched alkanes of at least 4 members (excludes halogenated alkanes) is 8. The molecule has 0 radical (unpaired) electrons. The van der Waals surface area contributed by atoms with Crippen LogP contribution in [0.5, 0.6) is 0 Å². The van der Waals surface area contributed by atoms with Crippen molar-refractivity contribution in [2.75, 3.05) is 0 Å². The highest BCUT2D eigenvalue weighted by Gasteiger charge is 2.61. The molecule has 0 heterocycles. The average Bonchev–Trinajstić information content (AvgIpc) is 3.95. The molecule has 0 saturated heterocycles. The second-order valence-corrected chi connectivity index (χ2v) is 30.5. The molecule has 6 fully saturated rings. The van der Waals surface area contributed by atoms with Gasteiger partial charge in [-0.3, -0.25) is 9.59 Å². The third-order valence-corrected chi connectivity index (χ3v) is 24.9. The van der Waals surface area contributed by atoms with Gasteiger partial charge in [0.2, 0.25) is 5.91 Å². The van der Waals surface area contributed by atoms with Crippen molar-refractivity contribution in [2.45, 2.75) is 313 Å². The highest BCUT2D eigenvalue weighted by atomic mass is 16.5. The van der Waals surface area contributed by atoms with Gasteiger partial charge in [0.05, 0.1) is 0 Å². The molecule has 77 heavy (non-hydrogen) atoms. The first-order valence-electron chi connectivity index (χ1n) is 33.9. The maximum Gasteiger partial charge on any atom is 0.328 e. The summed E-state index contributed by atoms with van der Waals surface area (Å²) in [6.45, 7) is 27.4. The lowest BCUT2D eigenvalue weighted by molar-refractivity contribution is -0.157. The predicted octanol–water partition coefficient (Wildman–Crippen LogP) is 19.1. The number of nitrogens with one attached hydrogen (secondary N) is 1. The van der Waals surface area contributed by atoms with E-state index in [1.165, 1.54) is 152 Å². The monoisotopic (exact) mass is 1070 g/mol. The zero-order valence-corrected chi connectivity index (χ0v) is 51.9. The molecule has 0 aromatic rings. The number of carbonyl (C=O) groups is 3. The van der Waals surface area contributed by atoms with Crippen LogP contribution in [0.25, 0.3) is 0 Å². The standard InChI is InChI=1S/C71H119NO5/c1-12-13-14-15-16-17-18-19-20-27-65(73)72-64(67(75)77-55-39-43-69(9)53(47-55)29-31-57-61-35-33-59(51(7)26-22-24-49(4)5)71(61,11)45-41-63(57)69)36-37-66(74)76-54-38-42-68(8)52(46-54)28-30-56-60-34-32-58(50(6)25-21-23-48(2)3)70(60,10)44-40-62(56)68/h28-29,48-51,54-64H,12-27,30-47H2,1-11H3,(H,72,73)/t50-,51-,54?,55?,56+,57+,58-,59-,60+,61+,62+,63+,64?,68+,69+,70-,71-/m1/s1. The highest BCUT2D eigenvalue weighted by molar-refractivity contribution is 5.85. The van der Waals surface area contributed by atoms with Gasteiger partial charge in [-0.25, -0.2) is 4.79 Å². The van der Waals surface area contributed by atoms with Gasteiger partial charge in [-0.05, 0) is 195 Å². The van der Waals surface area contributed by atoms with Crippen molar-refractivity contribution >= 4 is 17.8 Å². The van der Waals surface area contributed by atoms with Crippen molar-refractivity contribution in [1.29, 1.82) is 0 Å². The maximum atomic E-state index is 14.4. The fraction of sp³-hybridized carbons (Fsp3) is 0.901. The summed E-state index contributed by atoms with van der Waals surface area (Å²) in [5, 5.41) is 3.11. The maximum absolute atomic E-state index is 14.4. The summed E-state index contributed by atoms with van der Waals surface area (Å²) in [5.74, 6) is 8.83. The van der Waals surface area contributed by atoms with Crippen LogP contribution in [0.4, 0.5) is 0 Å². The smallest absolute Gasteiger partial charge is 0.328 e. The molecule has 6 saturated carbocycles. The second kappa shape index (κ2) is 26.9. The summed E-state index contributed by atoms with van der Waals surface area (Å²) in [6.07, 6.45) is 43.4. The average molecular weight is 1070 g/mol. The highest BCUT2D eigenvalue weighted by Crippen LogP contribution is 2.69. The van der Waals surface area contributed by atoms with Crippen LogP contribution in [0.3, 0.4) is 0 Å². The van der Waals surface area contributed by atoms with E-state index in [0.717, 1.165) is 123 Å². The van der Waals surface area contributed by atoms with Crippen LogP contribution in [0.1, 0.15) is 294 Å². The van der Waals surface area contributed by atoms with Crippen molar-refractivity contribution in [3.8, 4) is 0 Å². The molecule has 0 bridgehead atoms. The summed E-state index contributed by atoms with van der Waals surface area (Å²) < 4.78 is 12.8. The van der Waals surface area contributed by atoms with E-state index in [0.29, 0.717) is 23.2 Å². The zero-order chi connectivity index (χ0) is 55.1. The Morgan fingerprint density at radius 3 is 1.47 bits per heavy atom. The van der Waals surface area contributed by atoms with Gasteiger partial charge in [0.15, 0.2) is 0 Å². The Hall–Kier alpha value is -2.11. The molecule has 1 amide bonds. The Balaban J connectivity index is 0.852. The Morgan fingerprint density at radius 1 is 0.519 bits per heavy atom. The minimum absolute atomic E-state index is 0.0988. The molecule has 0 aliphatic heterocycles. The van der Waals surface area contributed by atoms with E-state index in [4.69, 9.17) is 9.47 Å². The van der Waals surface area contributed by atoms with Gasteiger partial charge in [0, 0.05) is 25.7 Å². The molecule has 1 N–H and O–H groups in total. The van der Waals surface area contributed by atoms with Gasteiger partial charge in [0.1, 0.15) is 18.2 Å². The van der Waals surface area contributed by atoms with Gasteiger partial charge in [-0.2, -0.15) is 0 Å². The van der Waals surface area contributed by atoms with Crippen molar-refractivity contribution in [1.82, 2.24) is 5.32 Å². The number of rotatable bonds is 27. The number of amides is 1. The normalized spacial score (nSPS) is 37.5. The Morgan fingerprint density at radius 2 is 0.987 bits per heavy atom. The summed E-state index contributed by atoms with van der Waals surface area (Å²) in [5.41, 5.74) is 4.33. The number of carbonyl (C=O) groups excluding carboxylic acids is 3. The summed E-state index contributed by atoms with van der Waals surface area (Å²) >= 11 is 0. The molecule has 8 aliphatic carbocycles. The molecular formula is C71H119NO5. The van der Waals surface area contributed by atoms with E-state index in [9.17, 15) is 14.4 Å². The van der Waals surface area contributed by atoms with Crippen LogP contribution in [0, 0.1) is 92.7 Å². The van der Waals surface area contributed by atoms with Crippen LogP contribution < -0.4 is 5.32 Å². The first kappa shape index (κ1) is 61.0. The summed E-state index contributed by atoms with van der Waals surface area (Å²) in [6, 6.07) is -0.853. The molecule has 8 rings (SSSR count). The van der Waals surface area contributed by atoms with Gasteiger partial charge in [-0.15, -0.1) is 0 Å². The van der Waals surface area contributed by atoms with Crippen LogP contribution in [0.15, 0.2) is 23.3 Å². The van der Waals surface area contributed by atoms with Crippen molar-refractivity contribution in [3.05, 3.63) is 23.3 Å². The fourth-order valence-electron chi connectivity index (χ4n) is 20.4. The predicted molar refractivity (Wildman–Crippen MR) is 319 cm³/mol. The third kappa shape index (κ3) is 13.9. The van der Waals surface area contributed by atoms with Gasteiger partial charge >= 0.3 is 11.9 Å². The Labute approximate surface area is 473 Å². The first-order valence-corrected chi connectivity index (χ1v) is 33.9. The molecule has 6 nitrogen and oxygen atoms in total. The molecule has 0 spiro atoms. The Bertz CT molecular complexity index is 2000. The molecule has 8 aliphatic rings. The molecule has 438 valence electrons. The largest absolute Gasteiger partial charge is 0.462 e. The molecule has 3 unspecified atom stereocenters. The number of hydrogen-bond donors (Lipinski definition) is 1. The number of fused-ring (bicyclic) bond motifs is 10. The minimum Gasteiger partial charge on any atom is -0.462 e. The van der Waals surface area contributed by atoms with Crippen LogP contribution >= 0.6 is 0 Å². The van der Waals surface area contributed by atoms with Crippen LogP contribution in [-0.2, 0) is 23.9 Å². The summed E-state index contributed by atoms with van der Waals surface area (Å²) in [7, 11) is 0. The topological polar surface area (TPSA) is 81.7 Å². The van der Waals surface area contributed by atoms with Crippen molar-refractivity contribution in [3.63, 3.8) is 0 Å². The van der Waals surface area contributed by atoms with Crippen molar-refractivity contribution in [2.24, 2.45) is 92.7 Å². The van der Waals surface area contributed by atoms with E-state index in [1.807, 2.05) is 0 Å². The molecule has 0 aromatic heterocycles. The van der Waals surface area contributed by atoms with Gasteiger partial charge in [0.25, 0.3) is 0 Å². The van der Waals surface area contributed by atoms with Gasteiger partial charge < -0.3 is 14.8 Å². The SMILES string of the molecule is CCCCCCCCCCCC(=O)NC(CCC(=O)OC1CC[C@@]2(C)C(=CC[C@H]3[C@@H]4CC[C@H]([C@H](C)CCCC(C)C)[C@@]4(C)CC[C@@H]32)C1)C(=O)OC1CC[C@@]2(C)C(=CC[C@H]3[C@@H]4CC[C@H]([C@H](C)CCCC(C)C)[C@@]4(C)CC[C@@H]32)C1. The van der Waals surface area contributed by atoms with E-state index < -0.39 is 6.04 Å². The number of allylic oxidation sites excluding steroid dienone is 2. The van der Waals surface area contributed by atoms with Crippen LogP contribution in [-0.4, -0.2) is 36.1 Å².